The van der Waals surface area contributed by atoms with Crippen LogP contribution >= 0.6 is 0 Å². The highest BCUT2D eigenvalue weighted by molar-refractivity contribution is 6.01. The van der Waals surface area contributed by atoms with Crippen LogP contribution in [0.25, 0.3) is 22.2 Å². The van der Waals surface area contributed by atoms with E-state index in [0.29, 0.717) is 17.3 Å². The van der Waals surface area contributed by atoms with Gasteiger partial charge in [-0.05, 0) is 61.2 Å². The number of amides is 1. The molecule has 1 aliphatic carbocycles. The fourth-order valence-corrected chi connectivity index (χ4v) is 5.16. The molecule has 1 saturated carbocycles. The zero-order valence-corrected chi connectivity index (χ0v) is 18.3. The van der Waals surface area contributed by atoms with Gasteiger partial charge in [0, 0.05) is 35.8 Å². The summed E-state index contributed by atoms with van der Waals surface area (Å²) in [6, 6.07) is 19.9. The van der Waals surface area contributed by atoms with E-state index in [4.69, 9.17) is 5.73 Å². The Morgan fingerprint density at radius 3 is 2.88 bits per heavy atom. The third-order valence-electron chi connectivity index (χ3n) is 7.03. The average Bonchev–Trinajstić information content (AvgIpc) is 3.37. The highest BCUT2D eigenvalue weighted by atomic mass is 16.1. The molecule has 1 aliphatic heterocycles. The summed E-state index contributed by atoms with van der Waals surface area (Å²) in [7, 11) is 0. The molecule has 1 amide bonds. The Kier molecular flexibility index (Phi) is 4.66. The first-order valence-corrected chi connectivity index (χ1v) is 11.4. The molecule has 7 heteroatoms. The van der Waals surface area contributed by atoms with Crippen molar-refractivity contribution in [2.45, 2.75) is 24.9 Å². The molecule has 2 unspecified atom stereocenters. The van der Waals surface area contributed by atoms with Gasteiger partial charge in [-0.15, -0.1) is 0 Å². The number of hydrogen-bond donors (Lipinski definition) is 3. The van der Waals surface area contributed by atoms with Gasteiger partial charge in [0.2, 0.25) is 0 Å². The molecule has 1 saturated heterocycles. The molecular formula is C26H26N6O. The number of carbonyl (C=O) groups is 1. The number of nitrogens with one attached hydrogen (secondary N) is 2. The summed E-state index contributed by atoms with van der Waals surface area (Å²) in [6.45, 7) is 2.90. The molecule has 2 fully saturated rings. The Morgan fingerprint density at radius 1 is 1.18 bits per heavy atom. The number of nitrogen functional groups attached to an aromatic ring is 1. The van der Waals surface area contributed by atoms with Crippen LogP contribution in [0.2, 0.25) is 0 Å². The Bertz CT molecular complexity index is 1320. The van der Waals surface area contributed by atoms with Crippen molar-refractivity contribution in [3.63, 3.8) is 0 Å². The molecule has 6 rings (SSSR count). The molecule has 2 aromatic carbocycles. The van der Waals surface area contributed by atoms with Crippen molar-refractivity contribution < 1.29 is 4.79 Å². The van der Waals surface area contributed by atoms with E-state index in [0.717, 1.165) is 54.6 Å². The molecule has 2 aromatic heterocycles. The van der Waals surface area contributed by atoms with Crippen molar-refractivity contribution in [3.05, 3.63) is 78.0 Å². The van der Waals surface area contributed by atoms with E-state index in [-0.39, 0.29) is 11.4 Å². The number of nitrogens with two attached hydrogens (primary N) is 1. The predicted molar refractivity (Wildman–Crippen MR) is 128 cm³/mol. The molecule has 7 nitrogen and oxygen atoms in total. The highest BCUT2D eigenvalue weighted by Gasteiger charge is 2.57. The van der Waals surface area contributed by atoms with Gasteiger partial charge in [0.25, 0.3) is 5.91 Å². The van der Waals surface area contributed by atoms with E-state index in [9.17, 15) is 4.79 Å². The first kappa shape index (κ1) is 19.9. The lowest BCUT2D eigenvalue weighted by Crippen LogP contribution is -2.50. The molecule has 0 bridgehead atoms. The minimum absolute atomic E-state index is 0.0245. The van der Waals surface area contributed by atoms with Gasteiger partial charge in [-0.1, -0.05) is 30.3 Å². The molecule has 33 heavy (non-hydrogen) atoms. The number of H-pyrrole nitrogens is 1. The smallest absolute Gasteiger partial charge is 0.251 e. The number of rotatable bonds is 5. The van der Waals surface area contributed by atoms with Gasteiger partial charge in [-0.2, -0.15) is 5.10 Å². The van der Waals surface area contributed by atoms with Crippen molar-refractivity contribution in [2.75, 3.05) is 18.8 Å². The molecule has 0 spiro atoms. The number of carbonyl (C=O) groups excluding carboxylic acids is 1. The van der Waals surface area contributed by atoms with Crippen molar-refractivity contribution >= 4 is 22.6 Å². The Balaban J connectivity index is 1.21. The number of nitrogens with zero attached hydrogens (tertiary/aromatic N) is 3. The number of aromatic nitrogens is 3. The van der Waals surface area contributed by atoms with Gasteiger partial charge >= 0.3 is 0 Å². The second kappa shape index (κ2) is 7.71. The SMILES string of the molecule is Nc1ccc(-c2n[nH]c3ccc(C(=O)NC45CC4CCN(Cc4ccccc4)C5)cc23)cn1. The topological polar surface area (TPSA) is 99.9 Å². The number of benzene rings is 2. The van der Waals surface area contributed by atoms with Crippen LogP contribution in [0.15, 0.2) is 66.9 Å². The standard InChI is InChI=1S/C26H26N6O/c27-23-9-7-19(14-28-23)24-21-12-18(6-8-22(21)30-31-24)25(33)29-26-13-20(26)10-11-32(16-26)15-17-4-2-1-3-5-17/h1-9,12,14,20H,10-11,13,15-16H2,(H2,27,28)(H,29,33)(H,30,31). The lowest BCUT2D eigenvalue weighted by Gasteiger charge is -2.33. The van der Waals surface area contributed by atoms with Crippen molar-refractivity contribution in [1.82, 2.24) is 25.4 Å². The maximum atomic E-state index is 13.3. The third kappa shape index (κ3) is 3.74. The molecule has 0 radical (unpaired) electrons. The van der Waals surface area contributed by atoms with E-state index in [1.807, 2.05) is 30.3 Å². The average molecular weight is 439 g/mol. The summed E-state index contributed by atoms with van der Waals surface area (Å²) < 4.78 is 0. The van der Waals surface area contributed by atoms with E-state index >= 15 is 0 Å². The van der Waals surface area contributed by atoms with Gasteiger partial charge < -0.3 is 11.1 Å². The van der Waals surface area contributed by atoms with E-state index in [1.54, 1.807) is 12.3 Å². The summed E-state index contributed by atoms with van der Waals surface area (Å²) >= 11 is 0. The van der Waals surface area contributed by atoms with Crippen LogP contribution in [-0.2, 0) is 6.54 Å². The summed E-state index contributed by atoms with van der Waals surface area (Å²) in [5.41, 5.74) is 10.1. The van der Waals surface area contributed by atoms with Gasteiger partial charge in [0.05, 0.1) is 11.1 Å². The number of pyridine rings is 1. The largest absolute Gasteiger partial charge is 0.384 e. The van der Waals surface area contributed by atoms with Crippen LogP contribution in [0.4, 0.5) is 5.82 Å². The van der Waals surface area contributed by atoms with Crippen LogP contribution in [0, 0.1) is 5.92 Å². The van der Waals surface area contributed by atoms with Crippen LogP contribution in [0.5, 0.6) is 0 Å². The highest BCUT2D eigenvalue weighted by Crippen LogP contribution is 2.49. The monoisotopic (exact) mass is 438 g/mol. The lowest BCUT2D eigenvalue weighted by atomic mass is 10.0. The molecule has 2 atom stereocenters. The molecular weight excluding hydrogens is 412 g/mol. The van der Waals surface area contributed by atoms with Gasteiger partial charge in [-0.25, -0.2) is 4.98 Å². The van der Waals surface area contributed by atoms with Crippen LogP contribution in [0.3, 0.4) is 0 Å². The number of piperidine rings is 1. The molecule has 4 N–H and O–H groups in total. The van der Waals surface area contributed by atoms with Crippen LogP contribution in [-0.4, -0.2) is 44.6 Å². The maximum absolute atomic E-state index is 13.3. The lowest BCUT2D eigenvalue weighted by molar-refractivity contribution is 0.0887. The van der Waals surface area contributed by atoms with Gasteiger partial charge in [0.1, 0.15) is 11.5 Å². The first-order valence-electron chi connectivity index (χ1n) is 11.4. The fraction of sp³-hybridized carbons (Fsp3) is 0.269. The normalized spacial score (nSPS) is 22.1. The summed E-state index contributed by atoms with van der Waals surface area (Å²) in [5.74, 6) is 1.01. The zero-order chi connectivity index (χ0) is 22.4. The van der Waals surface area contributed by atoms with Crippen molar-refractivity contribution in [2.24, 2.45) is 5.92 Å². The molecule has 3 heterocycles. The first-order chi connectivity index (χ1) is 16.1. The Labute approximate surface area is 192 Å². The van der Waals surface area contributed by atoms with Gasteiger partial charge in [-0.3, -0.25) is 14.8 Å². The summed E-state index contributed by atoms with van der Waals surface area (Å²) in [5, 5.41) is 11.8. The van der Waals surface area contributed by atoms with Crippen LogP contribution in [0.1, 0.15) is 28.8 Å². The maximum Gasteiger partial charge on any atom is 0.251 e. The molecule has 166 valence electrons. The number of fused-ring (bicyclic) bond motifs is 2. The predicted octanol–water partition coefficient (Wildman–Crippen LogP) is 3.60. The van der Waals surface area contributed by atoms with Crippen LogP contribution < -0.4 is 11.1 Å². The fourth-order valence-electron chi connectivity index (χ4n) is 5.16. The van der Waals surface area contributed by atoms with Crippen molar-refractivity contribution in [1.29, 1.82) is 0 Å². The number of likely N-dealkylation sites (tertiary alicyclic amines) is 1. The summed E-state index contributed by atoms with van der Waals surface area (Å²) in [4.78, 5) is 19.9. The Hall–Kier alpha value is -3.71. The van der Waals surface area contributed by atoms with E-state index in [2.05, 4.69) is 49.7 Å². The molecule has 4 aromatic rings. The number of hydrogen-bond acceptors (Lipinski definition) is 5. The second-order valence-electron chi connectivity index (χ2n) is 9.30. The van der Waals surface area contributed by atoms with E-state index < -0.39 is 0 Å². The van der Waals surface area contributed by atoms with Gasteiger partial charge in [0.15, 0.2) is 0 Å². The summed E-state index contributed by atoms with van der Waals surface area (Å²) in [6.07, 6.45) is 3.89. The number of aromatic amines is 1. The van der Waals surface area contributed by atoms with Crippen molar-refractivity contribution in [3.8, 4) is 11.3 Å². The number of anilines is 1. The molecule has 2 aliphatic rings. The second-order valence-corrected chi connectivity index (χ2v) is 9.30. The minimum atomic E-state index is -0.112. The Morgan fingerprint density at radius 2 is 2.06 bits per heavy atom. The minimum Gasteiger partial charge on any atom is -0.384 e. The van der Waals surface area contributed by atoms with E-state index in [1.165, 1.54) is 5.56 Å². The third-order valence-corrected chi connectivity index (χ3v) is 7.03. The quantitative estimate of drug-likeness (QED) is 0.442. The zero-order valence-electron chi connectivity index (χ0n) is 18.3.